The molecule has 1 aliphatic rings. The predicted molar refractivity (Wildman–Crippen MR) is 90.4 cm³/mol. The summed E-state index contributed by atoms with van der Waals surface area (Å²) >= 11 is 1.47. The molecule has 2 aromatic rings. The first-order chi connectivity index (χ1) is 11.4. The Kier molecular flexibility index (Phi) is 4.40. The molecule has 24 heavy (non-hydrogen) atoms. The quantitative estimate of drug-likeness (QED) is 0.873. The molecule has 3 rings (SSSR count). The lowest BCUT2D eigenvalue weighted by Crippen LogP contribution is -2.40. The van der Waals surface area contributed by atoms with Crippen LogP contribution in [0.1, 0.15) is 35.5 Å². The minimum Gasteiger partial charge on any atom is -0.480 e. The van der Waals surface area contributed by atoms with Crippen LogP contribution in [0.3, 0.4) is 0 Å². The zero-order valence-electron chi connectivity index (χ0n) is 13.6. The van der Waals surface area contributed by atoms with Crippen LogP contribution >= 0.6 is 11.3 Å². The van der Waals surface area contributed by atoms with Gasteiger partial charge < -0.3 is 15.0 Å². The Morgan fingerprint density at radius 2 is 2.17 bits per heavy atom. The third kappa shape index (κ3) is 2.93. The summed E-state index contributed by atoms with van der Waals surface area (Å²) in [5.41, 5.74) is 0.752. The number of carboxylic acid groups (broad SMARTS) is 1. The third-order valence-corrected chi connectivity index (χ3v) is 5.62. The van der Waals surface area contributed by atoms with Crippen molar-refractivity contribution in [3.8, 4) is 0 Å². The lowest BCUT2D eigenvalue weighted by molar-refractivity contribution is -0.148. The number of aromatic amines is 1. The van der Waals surface area contributed by atoms with Gasteiger partial charge in [-0.3, -0.25) is 9.59 Å². The Morgan fingerprint density at radius 3 is 2.88 bits per heavy atom. The first kappa shape index (κ1) is 16.6. The minimum absolute atomic E-state index is 0.140. The average Bonchev–Trinajstić information content (AvgIpc) is 3.11. The van der Waals surface area contributed by atoms with Gasteiger partial charge >= 0.3 is 5.97 Å². The molecule has 7 nitrogen and oxygen atoms in total. The van der Waals surface area contributed by atoms with Crippen LogP contribution in [0.25, 0.3) is 10.2 Å². The molecule has 1 fully saturated rings. The van der Waals surface area contributed by atoms with Crippen LogP contribution in [-0.2, 0) is 16.0 Å². The Hall–Kier alpha value is -2.22. The maximum Gasteiger partial charge on any atom is 0.326 e. The summed E-state index contributed by atoms with van der Waals surface area (Å²) in [6.07, 6.45) is 1.64. The fourth-order valence-corrected chi connectivity index (χ4v) is 4.16. The molecule has 1 aliphatic heterocycles. The lowest BCUT2D eigenvalue weighted by Gasteiger charge is -2.21. The average molecular weight is 349 g/mol. The standard InChI is InChI=1S/C16H19N3O4S/c1-8-9(2)24-15-13(8)14(21)17-11(18-15)5-6-12(20)19-7-3-4-10(19)16(22)23/h10H,3-7H2,1-2H3,(H,22,23)(H,17,18,21)/t10-/m0/s1. The molecular formula is C16H19N3O4S. The van der Waals surface area contributed by atoms with Crippen molar-refractivity contribution in [3.05, 3.63) is 26.6 Å². The van der Waals surface area contributed by atoms with Crippen molar-refractivity contribution >= 4 is 33.4 Å². The van der Waals surface area contributed by atoms with Gasteiger partial charge in [0.15, 0.2) is 0 Å². The van der Waals surface area contributed by atoms with Gasteiger partial charge in [-0.05, 0) is 32.3 Å². The number of aliphatic carboxylic acids is 1. The number of hydrogen-bond acceptors (Lipinski definition) is 5. The second-order valence-corrected chi connectivity index (χ2v) is 7.26. The number of fused-ring (bicyclic) bond motifs is 1. The molecule has 0 bridgehead atoms. The zero-order chi connectivity index (χ0) is 17.4. The summed E-state index contributed by atoms with van der Waals surface area (Å²) in [7, 11) is 0. The number of likely N-dealkylation sites (tertiary alicyclic amines) is 1. The fraction of sp³-hybridized carbons (Fsp3) is 0.500. The Bertz CT molecular complexity index is 870. The molecule has 0 unspecified atom stereocenters. The van der Waals surface area contributed by atoms with Crippen molar-refractivity contribution < 1.29 is 14.7 Å². The van der Waals surface area contributed by atoms with Crippen molar-refractivity contribution in [2.45, 2.75) is 45.6 Å². The molecule has 1 amide bonds. The number of carbonyl (C=O) groups excluding carboxylic acids is 1. The Morgan fingerprint density at radius 1 is 1.42 bits per heavy atom. The van der Waals surface area contributed by atoms with Crippen molar-refractivity contribution in [1.82, 2.24) is 14.9 Å². The number of thiophene rings is 1. The van der Waals surface area contributed by atoms with Crippen LogP contribution < -0.4 is 5.56 Å². The van der Waals surface area contributed by atoms with Gasteiger partial charge in [0.2, 0.25) is 5.91 Å². The number of aryl methyl sites for hydroxylation is 3. The van der Waals surface area contributed by atoms with Crippen molar-refractivity contribution in [2.75, 3.05) is 6.54 Å². The first-order valence-electron chi connectivity index (χ1n) is 7.89. The smallest absolute Gasteiger partial charge is 0.326 e. The third-order valence-electron chi connectivity index (χ3n) is 4.52. The van der Waals surface area contributed by atoms with Crippen LogP contribution in [-0.4, -0.2) is 44.4 Å². The summed E-state index contributed by atoms with van der Waals surface area (Å²) in [4.78, 5) is 46.0. The molecule has 1 saturated heterocycles. The number of rotatable bonds is 4. The molecule has 3 heterocycles. The number of H-pyrrole nitrogens is 1. The Balaban J connectivity index is 1.75. The number of carbonyl (C=O) groups is 2. The first-order valence-corrected chi connectivity index (χ1v) is 8.71. The molecule has 0 radical (unpaired) electrons. The van der Waals surface area contributed by atoms with Gasteiger partial charge in [-0.25, -0.2) is 9.78 Å². The number of carboxylic acids is 1. The number of hydrogen-bond donors (Lipinski definition) is 2. The minimum atomic E-state index is -0.960. The number of aromatic nitrogens is 2. The van der Waals surface area contributed by atoms with Crippen LogP contribution in [0.15, 0.2) is 4.79 Å². The largest absolute Gasteiger partial charge is 0.480 e. The van der Waals surface area contributed by atoms with E-state index in [0.29, 0.717) is 41.8 Å². The van der Waals surface area contributed by atoms with E-state index in [-0.39, 0.29) is 17.9 Å². The summed E-state index contributed by atoms with van der Waals surface area (Å²) in [5.74, 6) is -0.701. The van der Waals surface area contributed by atoms with E-state index in [1.807, 2.05) is 13.8 Å². The van der Waals surface area contributed by atoms with Gasteiger partial charge in [0.05, 0.1) is 5.39 Å². The summed E-state index contributed by atoms with van der Waals surface area (Å²) in [6, 6.07) is -0.727. The van der Waals surface area contributed by atoms with Gasteiger partial charge in [-0.15, -0.1) is 11.3 Å². The number of nitrogens with one attached hydrogen (secondary N) is 1. The molecule has 128 valence electrons. The van der Waals surface area contributed by atoms with Crippen molar-refractivity contribution in [1.29, 1.82) is 0 Å². The number of amides is 1. The van der Waals surface area contributed by atoms with Gasteiger partial charge in [-0.2, -0.15) is 0 Å². The van der Waals surface area contributed by atoms with E-state index >= 15 is 0 Å². The molecule has 2 N–H and O–H groups in total. The second kappa shape index (κ2) is 6.35. The maximum absolute atomic E-state index is 12.3. The molecule has 2 aromatic heterocycles. The van der Waals surface area contributed by atoms with Crippen molar-refractivity contribution in [2.24, 2.45) is 0 Å². The SMILES string of the molecule is Cc1sc2nc(CCC(=O)N3CCC[C@H]3C(=O)O)[nH]c(=O)c2c1C. The molecule has 0 saturated carbocycles. The maximum atomic E-state index is 12.3. The second-order valence-electron chi connectivity index (χ2n) is 6.06. The van der Waals surface area contributed by atoms with E-state index in [0.717, 1.165) is 10.4 Å². The van der Waals surface area contributed by atoms with Crippen LogP contribution in [0, 0.1) is 13.8 Å². The molecule has 0 aromatic carbocycles. The van der Waals surface area contributed by atoms with E-state index in [9.17, 15) is 14.4 Å². The van der Waals surface area contributed by atoms with Crippen LogP contribution in [0.5, 0.6) is 0 Å². The predicted octanol–water partition coefficient (Wildman–Crippen LogP) is 1.61. The van der Waals surface area contributed by atoms with Gasteiger partial charge in [0.25, 0.3) is 5.56 Å². The van der Waals surface area contributed by atoms with E-state index in [2.05, 4.69) is 9.97 Å². The van der Waals surface area contributed by atoms with E-state index in [1.165, 1.54) is 16.2 Å². The molecule has 8 heteroatoms. The highest BCUT2D eigenvalue weighted by molar-refractivity contribution is 7.18. The van der Waals surface area contributed by atoms with E-state index < -0.39 is 12.0 Å². The zero-order valence-corrected chi connectivity index (χ0v) is 14.4. The Labute approximate surface area is 142 Å². The summed E-state index contributed by atoms with van der Waals surface area (Å²) in [6.45, 7) is 4.32. The molecular weight excluding hydrogens is 330 g/mol. The van der Waals surface area contributed by atoms with Crippen LogP contribution in [0.4, 0.5) is 0 Å². The molecule has 0 spiro atoms. The highest BCUT2D eigenvalue weighted by atomic mass is 32.1. The van der Waals surface area contributed by atoms with E-state index in [4.69, 9.17) is 5.11 Å². The number of nitrogens with zero attached hydrogens (tertiary/aromatic N) is 2. The molecule has 1 atom stereocenters. The monoisotopic (exact) mass is 349 g/mol. The van der Waals surface area contributed by atoms with Gasteiger partial charge in [-0.1, -0.05) is 0 Å². The summed E-state index contributed by atoms with van der Waals surface area (Å²) in [5, 5.41) is 9.76. The summed E-state index contributed by atoms with van der Waals surface area (Å²) < 4.78 is 0. The molecule has 0 aliphatic carbocycles. The fourth-order valence-electron chi connectivity index (χ4n) is 3.11. The highest BCUT2D eigenvalue weighted by Crippen LogP contribution is 2.26. The topological polar surface area (TPSA) is 103 Å². The van der Waals surface area contributed by atoms with Gasteiger partial charge in [0.1, 0.15) is 16.7 Å². The van der Waals surface area contributed by atoms with E-state index in [1.54, 1.807) is 0 Å². The van der Waals surface area contributed by atoms with Gasteiger partial charge in [0, 0.05) is 24.3 Å². The normalized spacial score (nSPS) is 17.6. The van der Waals surface area contributed by atoms with Crippen LogP contribution in [0.2, 0.25) is 0 Å². The van der Waals surface area contributed by atoms with Crippen molar-refractivity contribution in [3.63, 3.8) is 0 Å². The highest BCUT2D eigenvalue weighted by Gasteiger charge is 2.33. The lowest BCUT2D eigenvalue weighted by atomic mass is 10.2.